The maximum Gasteiger partial charge on any atom is 0.338 e. The van der Waals surface area contributed by atoms with Crippen LogP contribution < -0.4 is 10.0 Å². The van der Waals surface area contributed by atoms with Crippen LogP contribution in [0.1, 0.15) is 42.5 Å². The highest BCUT2D eigenvalue weighted by Crippen LogP contribution is 2.23. The molecule has 1 aromatic heterocycles. The Labute approximate surface area is 209 Å². The fourth-order valence-electron chi connectivity index (χ4n) is 3.24. The van der Waals surface area contributed by atoms with Crippen molar-refractivity contribution in [2.45, 2.75) is 51.7 Å². The van der Waals surface area contributed by atoms with Crippen LogP contribution in [0.2, 0.25) is 5.02 Å². The van der Waals surface area contributed by atoms with E-state index >= 15 is 0 Å². The second-order valence-electron chi connectivity index (χ2n) is 8.28. The van der Waals surface area contributed by atoms with Crippen molar-refractivity contribution in [1.82, 2.24) is 14.5 Å². The van der Waals surface area contributed by atoms with Crippen LogP contribution in [0.3, 0.4) is 0 Å². The first kappa shape index (κ1) is 26.4. The quantitative estimate of drug-likeness (QED) is 0.435. The number of hydrogen-bond acceptors (Lipinski definition) is 6. The number of aryl methyl sites for hydroxylation is 1. The molecule has 0 aliphatic carbocycles. The highest BCUT2D eigenvalue weighted by molar-refractivity contribution is 7.89. The highest BCUT2D eigenvalue weighted by atomic mass is 35.5. The summed E-state index contributed by atoms with van der Waals surface area (Å²) in [5.41, 5.74) is 2.86. The zero-order valence-corrected chi connectivity index (χ0v) is 21.6. The number of aromatic nitrogens is 2. The maximum atomic E-state index is 12.5. The van der Waals surface area contributed by atoms with Crippen molar-refractivity contribution in [2.75, 3.05) is 5.32 Å². The van der Waals surface area contributed by atoms with Gasteiger partial charge in [-0.1, -0.05) is 11.6 Å². The van der Waals surface area contributed by atoms with E-state index in [0.717, 1.165) is 11.4 Å². The van der Waals surface area contributed by atoms with Crippen molar-refractivity contribution < 1.29 is 22.7 Å². The van der Waals surface area contributed by atoms with Crippen LogP contribution in [0, 0.1) is 13.8 Å². The molecule has 0 saturated carbocycles. The Morgan fingerprint density at radius 3 is 2.11 bits per heavy atom. The zero-order chi connectivity index (χ0) is 25.9. The van der Waals surface area contributed by atoms with Gasteiger partial charge in [0.15, 0.2) is 6.10 Å². The molecule has 9 nitrogen and oxygen atoms in total. The lowest BCUT2D eigenvalue weighted by atomic mass is 10.2. The van der Waals surface area contributed by atoms with E-state index in [9.17, 15) is 18.0 Å². The van der Waals surface area contributed by atoms with Crippen LogP contribution in [-0.2, 0) is 19.6 Å². The summed E-state index contributed by atoms with van der Waals surface area (Å²) in [7, 11) is -3.64. The van der Waals surface area contributed by atoms with E-state index in [1.54, 1.807) is 42.8 Å². The second-order valence-corrected chi connectivity index (χ2v) is 10.4. The fourth-order valence-corrected chi connectivity index (χ4v) is 4.60. The summed E-state index contributed by atoms with van der Waals surface area (Å²) in [6.07, 6.45) is -1.08. The average molecular weight is 519 g/mol. The molecule has 35 heavy (non-hydrogen) atoms. The first-order valence-electron chi connectivity index (χ1n) is 10.9. The summed E-state index contributed by atoms with van der Waals surface area (Å²) >= 11 is 6.20. The lowest BCUT2D eigenvalue weighted by Gasteiger charge is -2.14. The largest absolute Gasteiger partial charge is 0.449 e. The number of nitrogens with zero attached hydrogens (tertiary/aromatic N) is 2. The molecule has 0 radical (unpaired) electrons. The monoisotopic (exact) mass is 518 g/mol. The van der Waals surface area contributed by atoms with E-state index in [2.05, 4.69) is 15.1 Å². The summed E-state index contributed by atoms with van der Waals surface area (Å²) in [5.74, 6) is -1.21. The molecule has 0 fully saturated rings. The van der Waals surface area contributed by atoms with Crippen molar-refractivity contribution in [3.05, 3.63) is 70.5 Å². The van der Waals surface area contributed by atoms with Gasteiger partial charge in [-0.2, -0.15) is 5.10 Å². The Morgan fingerprint density at radius 1 is 1.00 bits per heavy atom. The van der Waals surface area contributed by atoms with Gasteiger partial charge < -0.3 is 10.1 Å². The molecule has 0 spiro atoms. The number of hydrogen-bond donors (Lipinski definition) is 2. The first-order valence-corrected chi connectivity index (χ1v) is 12.7. The number of halogens is 1. The molecule has 3 rings (SSSR count). The third kappa shape index (κ3) is 6.27. The van der Waals surface area contributed by atoms with E-state index in [4.69, 9.17) is 16.3 Å². The number of carbonyl (C=O) groups is 2. The second kappa shape index (κ2) is 10.6. The van der Waals surface area contributed by atoms with Crippen LogP contribution in [0.15, 0.2) is 53.4 Å². The standard InChI is InChI=1S/C24H27ClN4O5S/c1-14(2)28-35(32,33)21-12-8-19(9-13-21)26-23(30)17(5)34-24(31)18-6-10-20(11-7-18)29-16(4)22(25)15(3)27-29/h6-14,17,28H,1-5H3,(H,26,30). The predicted molar refractivity (Wildman–Crippen MR) is 133 cm³/mol. The van der Waals surface area contributed by atoms with Gasteiger partial charge in [0.2, 0.25) is 10.0 Å². The number of rotatable bonds is 8. The molecule has 3 aromatic rings. The molecule has 0 aliphatic heterocycles. The Balaban J connectivity index is 1.61. The average Bonchev–Trinajstić information content (AvgIpc) is 3.06. The van der Waals surface area contributed by atoms with Crippen LogP contribution in [0.25, 0.3) is 5.69 Å². The lowest BCUT2D eigenvalue weighted by Crippen LogP contribution is -2.30. The summed E-state index contributed by atoms with van der Waals surface area (Å²) in [6, 6.07) is 12.0. The van der Waals surface area contributed by atoms with Crippen molar-refractivity contribution >= 4 is 39.2 Å². The Kier molecular flexibility index (Phi) is 7.99. The van der Waals surface area contributed by atoms with Crippen molar-refractivity contribution in [3.63, 3.8) is 0 Å². The summed E-state index contributed by atoms with van der Waals surface area (Å²) < 4.78 is 33.9. The van der Waals surface area contributed by atoms with Gasteiger partial charge in [-0.15, -0.1) is 0 Å². The number of esters is 1. The van der Waals surface area contributed by atoms with Crippen LogP contribution in [-0.4, -0.2) is 42.2 Å². The minimum atomic E-state index is -3.64. The van der Waals surface area contributed by atoms with Crippen LogP contribution in [0.4, 0.5) is 5.69 Å². The lowest BCUT2D eigenvalue weighted by molar-refractivity contribution is -0.123. The smallest absolute Gasteiger partial charge is 0.338 e. The number of anilines is 1. The molecular formula is C24H27ClN4O5S. The third-order valence-corrected chi connectivity index (χ3v) is 7.25. The van der Waals surface area contributed by atoms with Crippen molar-refractivity contribution in [2.24, 2.45) is 0 Å². The maximum absolute atomic E-state index is 12.5. The summed E-state index contributed by atoms with van der Waals surface area (Å²) in [6.45, 7) is 8.55. The normalized spacial score (nSPS) is 12.4. The van der Waals surface area contributed by atoms with E-state index in [0.29, 0.717) is 16.4 Å². The SMILES string of the molecule is Cc1nn(-c2ccc(C(=O)OC(C)C(=O)Nc3ccc(S(=O)(=O)NC(C)C)cc3)cc2)c(C)c1Cl. The summed E-state index contributed by atoms with van der Waals surface area (Å²) in [4.78, 5) is 25.1. The van der Waals surface area contributed by atoms with Gasteiger partial charge in [-0.05, 0) is 83.1 Å². The van der Waals surface area contributed by atoms with Crippen LogP contribution in [0.5, 0.6) is 0 Å². The Bertz CT molecular complexity index is 1330. The Hall–Kier alpha value is -3.21. The van der Waals surface area contributed by atoms with Gasteiger partial charge in [-0.3, -0.25) is 4.79 Å². The van der Waals surface area contributed by atoms with Crippen molar-refractivity contribution in [3.8, 4) is 5.69 Å². The van der Waals surface area contributed by atoms with Gasteiger partial charge in [-0.25, -0.2) is 22.6 Å². The molecule has 1 amide bonds. The first-order chi connectivity index (χ1) is 16.4. The van der Waals surface area contributed by atoms with E-state index < -0.39 is 28.0 Å². The van der Waals surface area contributed by atoms with Gasteiger partial charge in [0, 0.05) is 11.7 Å². The van der Waals surface area contributed by atoms with E-state index in [1.165, 1.54) is 31.2 Å². The van der Waals surface area contributed by atoms with Gasteiger partial charge in [0.05, 0.1) is 32.6 Å². The number of nitrogens with one attached hydrogen (secondary N) is 2. The minimum absolute atomic E-state index is 0.0786. The van der Waals surface area contributed by atoms with Crippen molar-refractivity contribution in [1.29, 1.82) is 0 Å². The van der Waals surface area contributed by atoms with Gasteiger partial charge >= 0.3 is 5.97 Å². The number of ether oxygens (including phenoxy) is 1. The fraction of sp³-hybridized carbons (Fsp3) is 0.292. The molecule has 0 bridgehead atoms. The number of benzene rings is 2. The molecular weight excluding hydrogens is 492 g/mol. The highest BCUT2D eigenvalue weighted by Gasteiger charge is 2.20. The number of sulfonamides is 1. The van der Waals surface area contributed by atoms with E-state index in [-0.39, 0.29) is 16.5 Å². The predicted octanol–water partition coefficient (Wildman–Crippen LogP) is 4.01. The molecule has 1 unspecified atom stereocenters. The van der Waals surface area contributed by atoms with Crippen LogP contribution >= 0.6 is 11.6 Å². The molecule has 0 saturated heterocycles. The summed E-state index contributed by atoms with van der Waals surface area (Å²) in [5, 5.41) is 7.56. The topological polar surface area (TPSA) is 119 Å². The van der Waals surface area contributed by atoms with Gasteiger partial charge in [0.25, 0.3) is 5.91 Å². The molecule has 11 heteroatoms. The third-order valence-electron chi connectivity index (χ3n) is 5.03. The number of amides is 1. The zero-order valence-electron chi connectivity index (χ0n) is 20.0. The number of carbonyl (C=O) groups excluding carboxylic acids is 2. The van der Waals surface area contributed by atoms with E-state index in [1.807, 2.05) is 13.8 Å². The molecule has 1 atom stereocenters. The molecule has 0 aliphatic rings. The Morgan fingerprint density at radius 2 is 1.60 bits per heavy atom. The van der Waals surface area contributed by atoms with Gasteiger partial charge in [0.1, 0.15) is 0 Å². The molecule has 2 aromatic carbocycles. The minimum Gasteiger partial charge on any atom is -0.449 e. The molecule has 1 heterocycles. The molecule has 186 valence electrons. The molecule has 2 N–H and O–H groups in total.